The summed E-state index contributed by atoms with van der Waals surface area (Å²) in [6.45, 7) is 2.04. The third kappa shape index (κ3) is 2.18. The lowest BCUT2D eigenvalue weighted by Crippen LogP contribution is -2.48. The van der Waals surface area contributed by atoms with E-state index >= 15 is 0 Å². The highest BCUT2D eigenvalue weighted by atomic mass is 32.2. The maximum absolute atomic E-state index is 12.8. The third-order valence-electron chi connectivity index (χ3n) is 3.25. The van der Waals surface area contributed by atoms with Crippen LogP contribution in [0, 0.1) is 5.82 Å². The molecule has 0 saturated carbocycles. The minimum absolute atomic E-state index is 0.404. The maximum atomic E-state index is 12.8. The molecule has 1 N–H and O–H groups in total. The molecule has 2 unspecified atom stereocenters. The number of nitrogens with zero attached hydrogens (tertiary/aromatic N) is 1. The van der Waals surface area contributed by atoms with Crippen LogP contribution in [0.15, 0.2) is 29.2 Å². The van der Waals surface area contributed by atoms with Gasteiger partial charge in [0.2, 0.25) is 0 Å². The first kappa shape index (κ1) is 13.2. The maximum Gasteiger partial charge on any atom is 0.324 e. The van der Waals surface area contributed by atoms with Crippen LogP contribution in [0.4, 0.5) is 4.39 Å². The minimum Gasteiger partial charge on any atom is -0.480 e. The van der Waals surface area contributed by atoms with Gasteiger partial charge in [0.05, 0.1) is 4.90 Å². The molecule has 0 aromatic heterocycles. The van der Waals surface area contributed by atoms with Crippen molar-refractivity contribution in [2.75, 3.05) is 6.54 Å². The van der Waals surface area contributed by atoms with Crippen LogP contribution in [-0.4, -0.2) is 31.7 Å². The van der Waals surface area contributed by atoms with E-state index in [1.165, 1.54) is 28.6 Å². The van der Waals surface area contributed by atoms with Crippen LogP contribution in [-0.2, 0) is 15.8 Å². The van der Waals surface area contributed by atoms with Gasteiger partial charge in [0, 0.05) is 6.54 Å². The SMILES string of the molecule is CC1(C(=O)O)CCCN1S(=O)c1ccc(F)cc1. The van der Waals surface area contributed by atoms with E-state index in [2.05, 4.69) is 0 Å². The number of halogens is 1. The summed E-state index contributed by atoms with van der Waals surface area (Å²) >= 11 is 0. The number of carboxylic acid groups (broad SMARTS) is 1. The van der Waals surface area contributed by atoms with E-state index in [1.54, 1.807) is 6.92 Å². The number of benzene rings is 1. The lowest BCUT2D eigenvalue weighted by Gasteiger charge is -2.29. The first-order valence-corrected chi connectivity index (χ1v) is 6.74. The molecule has 0 bridgehead atoms. The van der Waals surface area contributed by atoms with Gasteiger partial charge in [-0.2, -0.15) is 0 Å². The largest absolute Gasteiger partial charge is 0.480 e. The second-order valence-electron chi connectivity index (χ2n) is 4.49. The first-order valence-electron chi connectivity index (χ1n) is 5.63. The minimum atomic E-state index is -1.57. The number of carboxylic acids is 1. The van der Waals surface area contributed by atoms with E-state index in [-0.39, 0.29) is 0 Å². The van der Waals surface area contributed by atoms with Gasteiger partial charge in [0.1, 0.15) is 22.3 Å². The summed E-state index contributed by atoms with van der Waals surface area (Å²) in [5.74, 6) is -1.38. The second-order valence-corrected chi connectivity index (χ2v) is 5.90. The highest BCUT2D eigenvalue weighted by Crippen LogP contribution is 2.32. The number of carbonyl (C=O) groups is 1. The van der Waals surface area contributed by atoms with Crippen LogP contribution in [0.5, 0.6) is 0 Å². The molecule has 1 aliphatic rings. The van der Waals surface area contributed by atoms with Crippen molar-refractivity contribution in [3.8, 4) is 0 Å². The molecular weight excluding hydrogens is 257 g/mol. The Kier molecular flexibility index (Phi) is 3.49. The Morgan fingerprint density at radius 2 is 2.06 bits per heavy atom. The molecule has 1 aromatic rings. The zero-order chi connectivity index (χ0) is 13.3. The summed E-state index contributed by atoms with van der Waals surface area (Å²) in [5, 5.41) is 9.25. The lowest BCUT2D eigenvalue weighted by molar-refractivity contribution is -0.146. The normalized spacial score (nSPS) is 26.1. The van der Waals surface area contributed by atoms with E-state index in [9.17, 15) is 18.5 Å². The molecule has 2 rings (SSSR count). The van der Waals surface area contributed by atoms with Gasteiger partial charge in [-0.1, -0.05) is 0 Å². The molecule has 0 spiro atoms. The second kappa shape index (κ2) is 4.78. The van der Waals surface area contributed by atoms with Gasteiger partial charge in [0.15, 0.2) is 0 Å². The van der Waals surface area contributed by atoms with Crippen molar-refractivity contribution in [3.05, 3.63) is 30.1 Å². The van der Waals surface area contributed by atoms with Crippen LogP contribution < -0.4 is 0 Å². The Balaban J connectivity index is 2.28. The zero-order valence-corrected chi connectivity index (χ0v) is 10.7. The number of rotatable bonds is 3. The summed E-state index contributed by atoms with van der Waals surface area (Å²) in [6.07, 6.45) is 1.16. The van der Waals surface area contributed by atoms with Crippen LogP contribution in [0.1, 0.15) is 19.8 Å². The number of hydrogen-bond acceptors (Lipinski definition) is 2. The predicted molar refractivity (Wildman–Crippen MR) is 64.8 cm³/mol. The first-order chi connectivity index (χ1) is 8.45. The highest BCUT2D eigenvalue weighted by molar-refractivity contribution is 7.82. The Labute approximate surface area is 107 Å². The van der Waals surface area contributed by atoms with Crippen molar-refractivity contribution in [2.24, 2.45) is 0 Å². The van der Waals surface area contributed by atoms with Crippen LogP contribution in [0.3, 0.4) is 0 Å². The van der Waals surface area contributed by atoms with Crippen molar-refractivity contribution in [2.45, 2.75) is 30.2 Å². The molecule has 0 aliphatic carbocycles. The summed E-state index contributed by atoms with van der Waals surface area (Å²) < 4.78 is 26.6. The third-order valence-corrected chi connectivity index (χ3v) is 4.91. The molecule has 0 radical (unpaired) electrons. The van der Waals surface area contributed by atoms with Crippen LogP contribution >= 0.6 is 0 Å². The van der Waals surface area contributed by atoms with E-state index in [0.29, 0.717) is 24.3 Å². The number of hydrogen-bond donors (Lipinski definition) is 1. The molecule has 0 amide bonds. The molecule has 18 heavy (non-hydrogen) atoms. The molecule has 98 valence electrons. The average molecular weight is 271 g/mol. The van der Waals surface area contributed by atoms with Gasteiger partial charge >= 0.3 is 5.97 Å². The van der Waals surface area contributed by atoms with Gasteiger partial charge in [-0.15, -0.1) is 0 Å². The Morgan fingerprint density at radius 3 is 2.61 bits per heavy atom. The molecule has 4 nitrogen and oxygen atoms in total. The van der Waals surface area contributed by atoms with Gasteiger partial charge < -0.3 is 5.11 Å². The van der Waals surface area contributed by atoms with Gasteiger partial charge in [-0.25, -0.2) is 12.9 Å². The van der Waals surface area contributed by atoms with Crippen LogP contribution in [0.25, 0.3) is 0 Å². The zero-order valence-electron chi connectivity index (χ0n) is 9.93. The van der Waals surface area contributed by atoms with Gasteiger partial charge in [0.25, 0.3) is 0 Å². The molecule has 2 atom stereocenters. The van der Waals surface area contributed by atoms with Crippen molar-refractivity contribution >= 4 is 17.0 Å². The molecule has 1 aromatic carbocycles. The van der Waals surface area contributed by atoms with E-state index < -0.39 is 28.3 Å². The topological polar surface area (TPSA) is 57.6 Å². The summed E-state index contributed by atoms with van der Waals surface area (Å²) in [7, 11) is -1.57. The average Bonchev–Trinajstić information content (AvgIpc) is 2.73. The Hall–Kier alpha value is -1.27. The standard InChI is InChI=1S/C12H14FNO3S/c1-12(11(15)16)7-2-8-14(12)18(17)10-5-3-9(13)4-6-10/h3-6H,2,7-8H2,1H3,(H,15,16). The fourth-order valence-corrected chi connectivity index (χ4v) is 3.55. The van der Waals surface area contributed by atoms with E-state index in [4.69, 9.17) is 0 Å². The molecule has 1 aliphatic heterocycles. The molecule has 1 saturated heterocycles. The highest BCUT2D eigenvalue weighted by Gasteiger charge is 2.46. The van der Waals surface area contributed by atoms with E-state index in [0.717, 1.165) is 0 Å². The smallest absolute Gasteiger partial charge is 0.324 e. The van der Waals surface area contributed by atoms with Crippen molar-refractivity contribution in [1.82, 2.24) is 4.31 Å². The molecule has 6 heteroatoms. The lowest BCUT2D eigenvalue weighted by atomic mass is 10.0. The van der Waals surface area contributed by atoms with Crippen LogP contribution in [0.2, 0.25) is 0 Å². The Morgan fingerprint density at radius 1 is 1.44 bits per heavy atom. The van der Waals surface area contributed by atoms with Gasteiger partial charge in [-0.05, 0) is 44.0 Å². The fraction of sp³-hybridized carbons (Fsp3) is 0.417. The quantitative estimate of drug-likeness (QED) is 0.911. The molecule has 1 heterocycles. The van der Waals surface area contributed by atoms with Gasteiger partial charge in [-0.3, -0.25) is 4.79 Å². The molecular formula is C12H14FNO3S. The summed E-state index contributed by atoms with van der Waals surface area (Å²) in [4.78, 5) is 11.7. The van der Waals surface area contributed by atoms with Crippen molar-refractivity contribution < 1.29 is 18.5 Å². The summed E-state index contributed by atoms with van der Waals surface area (Å²) in [5.41, 5.74) is -1.11. The monoisotopic (exact) mass is 271 g/mol. The Bertz CT molecular complexity index is 491. The van der Waals surface area contributed by atoms with Crippen molar-refractivity contribution in [3.63, 3.8) is 0 Å². The van der Waals surface area contributed by atoms with Crippen molar-refractivity contribution in [1.29, 1.82) is 0 Å². The predicted octanol–water partition coefficient (Wildman–Crippen LogP) is 1.79. The number of aliphatic carboxylic acids is 1. The summed E-state index contributed by atoms with van der Waals surface area (Å²) in [6, 6.07) is 5.29. The van der Waals surface area contributed by atoms with E-state index in [1.807, 2.05) is 0 Å². The molecule has 1 fully saturated rings. The fourth-order valence-electron chi connectivity index (χ4n) is 2.10.